The Labute approximate surface area is 160 Å². The molecule has 2 aromatic rings. The predicted molar refractivity (Wildman–Crippen MR) is 102 cm³/mol. The minimum Gasteiger partial charge on any atom is -0.497 e. The topological polar surface area (TPSA) is 87.8 Å². The fourth-order valence-electron chi connectivity index (χ4n) is 3.08. The van der Waals surface area contributed by atoms with Crippen molar-refractivity contribution >= 4 is 10.2 Å². The molecular formula is C18H26N4O4S. The monoisotopic (exact) mass is 394 g/mol. The van der Waals surface area contributed by atoms with Crippen LogP contribution in [0.2, 0.25) is 0 Å². The maximum absolute atomic E-state index is 12.2. The molecule has 148 valence electrons. The Morgan fingerprint density at radius 1 is 1.26 bits per heavy atom. The number of methoxy groups -OCH3 is 1. The van der Waals surface area contributed by atoms with Crippen LogP contribution >= 0.6 is 0 Å². The van der Waals surface area contributed by atoms with E-state index >= 15 is 0 Å². The number of rotatable bonds is 8. The number of hydrogen-bond acceptors (Lipinski definition) is 5. The van der Waals surface area contributed by atoms with Crippen LogP contribution in [-0.2, 0) is 16.6 Å². The van der Waals surface area contributed by atoms with Crippen LogP contribution in [-0.4, -0.2) is 68.1 Å². The van der Waals surface area contributed by atoms with Gasteiger partial charge in [-0.15, -0.1) is 0 Å². The van der Waals surface area contributed by atoms with Crippen molar-refractivity contribution in [2.24, 2.45) is 0 Å². The van der Waals surface area contributed by atoms with Crippen molar-refractivity contribution < 1.29 is 17.9 Å². The van der Waals surface area contributed by atoms with Crippen molar-refractivity contribution in [2.45, 2.75) is 18.8 Å². The largest absolute Gasteiger partial charge is 0.497 e. The molecule has 1 aliphatic heterocycles. The lowest BCUT2D eigenvalue weighted by Crippen LogP contribution is -2.38. The number of H-pyrrole nitrogens is 1. The smallest absolute Gasteiger partial charge is 0.281 e. The molecule has 1 aliphatic rings. The molecule has 0 bridgehead atoms. The van der Waals surface area contributed by atoms with Gasteiger partial charge in [0.15, 0.2) is 0 Å². The lowest BCUT2D eigenvalue weighted by molar-refractivity contribution is 0.319. The normalized spacial score (nSPS) is 18.1. The summed E-state index contributed by atoms with van der Waals surface area (Å²) in [6, 6.07) is 9.47. The lowest BCUT2D eigenvalue weighted by atomic mass is 10.0. The molecule has 1 saturated heterocycles. The molecule has 1 atom stereocenters. The molecule has 0 unspecified atom stereocenters. The van der Waals surface area contributed by atoms with Crippen LogP contribution in [0, 0.1) is 0 Å². The van der Waals surface area contributed by atoms with Gasteiger partial charge in [-0.1, -0.05) is 0 Å². The summed E-state index contributed by atoms with van der Waals surface area (Å²) in [5.74, 6) is 1.70. The van der Waals surface area contributed by atoms with Crippen molar-refractivity contribution in [3.8, 4) is 11.5 Å². The summed E-state index contributed by atoms with van der Waals surface area (Å²) in [7, 11) is 1.38. The molecule has 1 aromatic heterocycles. The third-order valence-corrected chi connectivity index (χ3v) is 6.61. The molecule has 0 spiro atoms. The number of ether oxygens (including phenoxy) is 2. The molecule has 27 heavy (non-hydrogen) atoms. The second-order valence-electron chi connectivity index (χ2n) is 6.73. The molecule has 2 heterocycles. The van der Waals surface area contributed by atoms with Gasteiger partial charge < -0.3 is 9.47 Å². The van der Waals surface area contributed by atoms with Crippen LogP contribution in [0.3, 0.4) is 0 Å². The minimum atomic E-state index is -3.36. The molecule has 9 heteroatoms. The number of nitrogens with zero attached hydrogens (tertiary/aromatic N) is 3. The van der Waals surface area contributed by atoms with Crippen LogP contribution in [0.15, 0.2) is 30.3 Å². The van der Waals surface area contributed by atoms with E-state index in [1.165, 1.54) is 8.61 Å². The summed E-state index contributed by atoms with van der Waals surface area (Å²) in [5, 5.41) is 7.41. The summed E-state index contributed by atoms with van der Waals surface area (Å²) >= 11 is 0. The summed E-state index contributed by atoms with van der Waals surface area (Å²) in [4.78, 5) is 0. The molecule has 0 aliphatic carbocycles. The molecule has 0 amide bonds. The first-order valence-corrected chi connectivity index (χ1v) is 10.3. The van der Waals surface area contributed by atoms with Crippen LogP contribution in [0.4, 0.5) is 0 Å². The summed E-state index contributed by atoms with van der Waals surface area (Å²) in [6.45, 7) is 1.51. The molecule has 3 rings (SSSR count). The SMILES string of the molecule is COc1ccc(OCCc2cc([C@@H]3CCN(S(=O)(=O)N(C)C)C3)n[nH]2)cc1. The Kier molecular flexibility index (Phi) is 6.03. The number of benzene rings is 1. The van der Waals surface area contributed by atoms with Crippen molar-refractivity contribution in [1.29, 1.82) is 0 Å². The summed E-state index contributed by atoms with van der Waals surface area (Å²) in [5.41, 5.74) is 1.89. The molecule has 1 N–H and O–H groups in total. The van der Waals surface area contributed by atoms with Gasteiger partial charge in [0.05, 0.1) is 19.4 Å². The molecule has 1 fully saturated rings. The second kappa shape index (κ2) is 8.28. The Hall–Kier alpha value is -2.10. The first-order valence-electron chi connectivity index (χ1n) is 8.89. The number of nitrogens with one attached hydrogen (secondary N) is 1. The first kappa shape index (κ1) is 19.7. The minimum absolute atomic E-state index is 0.118. The van der Waals surface area contributed by atoms with E-state index in [0.717, 1.165) is 29.3 Å². The van der Waals surface area contributed by atoms with E-state index in [9.17, 15) is 8.42 Å². The number of hydrogen-bond donors (Lipinski definition) is 1. The fourth-order valence-corrected chi connectivity index (χ4v) is 4.24. The zero-order valence-corrected chi connectivity index (χ0v) is 16.7. The van der Waals surface area contributed by atoms with Gasteiger partial charge in [-0.2, -0.15) is 22.1 Å². The maximum atomic E-state index is 12.2. The van der Waals surface area contributed by atoms with Gasteiger partial charge in [-0.25, -0.2) is 0 Å². The highest BCUT2D eigenvalue weighted by molar-refractivity contribution is 7.86. The van der Waals surface area contributed by atoms with Gasteiger partial charge in [0, 0.05) is 45.2 Å². The van der Waals surface area contributed by atoms with E-state index in [1.807, 2.05) is 30.3 Å². The van der Waals surface area contributed by atoms with Gasteiger partial charge in [-0.3, -0.25) is 5.10 Å². The highest BCUT2D eigenvalue weighted by Crippen LogP contribution is 2.28. The maximum Gasteiger partial charge on any atom is 0.281 e. The van der Waals surface area contributed by atoms with Crippen molar-refractivity contribution in [3.63, 3.8) is 0 Å². The average molecular weight is 394 g/mol. The van der Waals surface area contributed by atoms with E-state index in [0.29, 0.717) is 26.1 Å². The third-order valence-electron chi connectivity index (χ3n) is 4.71. The number of aromatic amines is 1. The average Bonchev–Trinajstić information content (AvgIpc) is 3.32. The first-order chi connectivity index (χ1) is 12.9. The van der Waals surface area contributed by atoms with E-state index in [4.69, 9.17) is 9.47 Å². The highest BCUT2D eigenvalue weighted by atomic mass is 32.2. The van der Waals surface area contributed by atoms with E-state index in [-0.39, 0.29) is 5.92 Å². The van der Waals surface area contributed by atoms with Gasteiger partial charge >= 0.3 is 0 Å². The molecule has 8 nitrogen and oxygen atoms in total. The Morgan fingerprint density at radius 2 is 1.96 bits per heavy atom. The molecule has 1 aromatic carbocycles. The molecule has 0 radical (unpaired) electrons. The standard InChI is InChI=1S/C18H26N4O4S/c1-21(2)27(23,24)22-10-8-14(13-22)18-12-15(19-20-18)9-11-26-17-6-4-16(25-3)5-7-17/h4-7,12,14H,8-11,13H2,1-3H3,(H,19,20)/t14-/m1/s1. The molecule has 0 saturated carbocycles. The zero-order valence-electron chi connectivity index (χ0n) is 15.9. The predicted octanol–water partition coefficient (Wildman–Crippen LogP) is 1.64. The van der Waals surface area contributed by atoms with Gasteiger partial charge in [0.25, 0.3) is 10.2 Å². The van der Waals surface area contributed by atoms with E-state index in [2.05, 4.69) is 10.2 Å². The highest BCUT2D eigenvalue weighted by Gasteiger charge is 2.34. The van der Waals surface area contributed by atoms with Crippen molar-refractivity contribution in [1.82, 2.24) is 18.8 Å². The molecular weight excluding hydrogens is 368 g/mol. The third kappa shape index (κ3) is 4.60. The van der Waals surface area contributed by atoms with Gasteiger partial charge in [0.2, 0.25) is 0 Å². The van der Waals surface area contributed by atoms with Gasteiger partial charge in [-0.05, 0) is 36.8 Å². The van der Waals surface area contributed by atoms with Crippen molar-refractivity contribution in [3.05, 3.63) is 41.7 Å². The van der Waals surface area contributed by atoms with Gasteiger partial charge in [0.1, 0.15) is 11.5 Å². The van der Waals surface area contributed by atoms with Crippen LogP contribution in [0.25, 0.3) is 0 Å². The van der Waals surface area contributed by atoms with E-state index in [1.54, 1.807) is 21.2 Å². The van der Waals surface area contributed by atoms with Crippen LogP contribution < -0.4 is 9.47 Å². The van der Waals surface area contributed by atoms with E-state index < -0.39 is 10.2 Å². The zero-order chi connectivity index (χ0) is 19.4. The summed E-state index contributed by atoms with van der Waals surface area (Å²) in [6.07, 6.45) is 1.48. The van der Waals surface area contributed by atoms with Crippen LogP contribution in [0.1, 0.15) is 23.7 Å². The Morgan fingerprint density at radius 3 is 2.63 bits per heavy atom. The second-order valence-corrected chi connectivity index (χ2v) is 8.87. The summed E-state index contributed by atoms with van der Waals surface area (Å²) < 4.78 is 38.1. The van der Waals surface area contributed by atoms with Crippen LogP contribution in [0.5, 0.6) is 11.5 Å². The quantitative estimate of drug-likeness (QED) is 0.735. The lowest BCUT2D eigenvalue weighted by Gasteiger charge is -2.20. The number of aromatic nitrogens is 2. The Balaban J connectivity index is 1.51. The Bertz CT molecular complexity index is 849. The fraction of sp³-hybridized carbons (Fsp3) is 0.500. The van der Waals surface area contributed by atoms with Crippen molar-refractivity contribution in [2.75, 3.05) is 40.9 Å².